The summed E-state index contributed by atoms with van der Waals surface area (Å²) in [6, 6.07) is 0. The van der Waals surface area contributed by atoms with Gasteiger partial charge < -0.3 is 5.32 Å². The van der Waals surface area contributed by atoms with Crippen molar-refractivity contribution < 1.29 is 4.79 Å². The molecule has 0 saturated heterocycles. The molecular formula is C14H24ClNO. The normalized spacial score (nSPS) is 24.1. The Morgan fingerprint density at radius 2 is 1.88 bits per heavy atom. The van der Waals surface area contributed by atoms with Gasteiger partial charge in [0.25, 0.3) is 0 Å². The van der Waals surface area contributed by atoms with Gasteiger partial charge in [-0.15, -0.1) is 11.6 Å². The van der Waals surface area contributed by atoms with Gasteiger partial charge in [-0.05, 0) is 31.6 Å². The molecule has 2 aliphatic rings. The van der Waals surface area contributed by atoms with Crippen LogP contribution in [0.3, 0.4) is 0 Å². The maximum Gasteiger partial charge on any atom is 0.220 e. The third-order valence-electron chi connectivity index (χ3n) is 4.48. The first-order valence-corrected chi connectivity index (χ1v) is 7.64. The number of hydrogen-bond donors (Lipinski definition) is 1. The summed E-state index contributed by atoms with van der Waals surface area (Å²) in [5.74, 6) is 1.58. The molecule has 0 atom stereocenters. The molecule has 0 radical (unpaired) electrons. The highest BCUT2D eigenvalue weighted by atomic mass is 35.5. The van der Waals surface area contributed by atoms with Crippen molar-refractivity contribution in [1.82, 2.24) is 5.32 Å². The average molecular weight is 258 g/mol. The fourth-order valence-electron chi connectivity index (χ4n) is 3.06. The number of carbonyl (C=O) groups is 1. The van der Waals surface area contributed by atoms with E-state index in [1.54, 1.807) is 0 Å². The van der Waals surface area contributed by atoms with Crippen molar-refractivity contribution in [2.24, 2.45) is 5.92 Å². The van der Waals surface area contributed by atoms with E-state index in [4.69, 9.17) is 11.6 Å². The van der Waals surface area contributed by atoms with Crippen molar-refractivity contribution in [2.75, 3.05) is 5.88 Å². The lowest BCUT2D eigenvalue weighted by Crippen LogP contribution is -2.55. The van der Waals surface area contributed by atoms with Crippen molar-refractivity contribution in [2.45, 2.75) is 69.7 Å². The van der Waals surface area contributed by atoms with E-state index in [9.17, 15) is 4.79 Å². The molecule has 3 heteroatoms. The first-order valence-electron chi connectivity index (χ1n) is 7.11. The van der Waals surface area contributed by atoms with E-state index >= 15 is 0 Å². The second kappa shape index (κ2) is 6.08. The van der Waals surface area contributed by atoms with Gasteiger partial charge in [0.2, 0.25) is 5.91 Å². The second-order valence-corrected chi connectivity index (χ2v) is 6.13. The number of halogens is 1. The minimum atomic E-state index is -0.0504. The number of amides is 1. The summed E-state index contributed by atoms with van der Waals surface area (Å²) in [7, 11) is 0. The van der Waals surface area contributed by atoms with Crippen LogP contribution in [-0.2, 0) is 4.79 Å². The zero-order valence-corrected chi connectivity index (χ0v) is 11.4. The topological polar surface area (TPSA) is 29.1 Å². The molecule has 0 aliphatic heterocycles. The van der Waals surface area contributed by atoms with Gasteiger partial charge in [0.1, 0.15) is 0 Å². The summed E-state index contributed by atoms with van der Waals surface area (Å²) in [4.78, 5) is 11.9. The molecule has 2 fully saturated rings. The molecule has 0 aromatic heterocycles. The summed E-state index contributed by atoms with van der Waals surface area (Å²) < 4.78 is 0. The lowest BCUT2D eigenvalue weighted by molar-refractivity contribution is -0.124. The molecular weight excluding hydrogens is 234 g/mol. The quantitative estimate of drug-likeness (QED) is 0.749. The maximum absolute atomic E-state index is 11.9. The van der Waals surface area contributed by atoms with E-state index in [2.05, 4.69) is 5.32 Å². The van der Waals surface area contributed by atoms with Crippen LogP contribution in [0.25, 0.3) is 0 Å². The molecule has 98 valence electrons. The molecule has 2 nitrogen and oxygen atoms in total. The highest BCUT2D eigenvalue weighted by Gasteiger charge is 2.37. The first-order chi connectivity index (χ1) is 8.24. The molecule has 0 bridgehead atoms. The van der Waals surface area contributed by atoms with Crippen LogP contribution >= 0.6 is 11.6 Å². The summed E-state index contributed by atoms with van der Waals surface area (Å²) in [5.41, 5.74) is -0.0504. The molecule has 1 amide bonds. The number of alkyl halides is 1. The van der Waals surface area contributed by atoms with Crippen molar-refractivity contribution >= 4 is 17.5 Å². The highest BCUT2D eigenvalue weighted by Crippen LogP contribution is 2.33. The third-order valence-corrected chi connectivity index (χ3v) is 4.99. The van der Waals surface area contributed by atoms with Gasteiger partial charge in [0.15, 0.2) is 0 Å². The Morgan fingerprint density at radius 3 is 2.41 bits per heavy atom. The standard InChI is InChI=1S/C14H24ClNO/c15-11-14(9-4-10-14)16-13(17)8-7-12-5-2-1-3-6-12/h12H,1-11H2,(H,16,17). The molecule has 0 aromatic rings. The molecule has 2 aliphatic carbocycles. The predicted octanol–water partition coefficient (Wildman–Crippen LogP) is 3.62. The first kappa shape index (κ1) is 13.2. The van der Waals surface area contributed by atoms with Gasteiger partial charge in [-0.1, -0.05) is 32.1 Å². The summed E-state index contributed by atoms with van der Waals surface area (Å²) in [6.07, 6.45) is 11.9. The minimum absolute atomic E-state index is 0.0504. The Labute approximate surface area is 109 Å². The predicted molar refractivity (Wildman–Crippen MR) is 71.3 cm³/mol. The van der Waals surface area contributed by atoms with Crippen LogP contribution in [0.5, 0.6) is 0 Å². The zero-order chi connectivity index (χ0) is 12.1. The zero-order valence-electron chi connectivity index (χ0n) is 10.6. The lowest BCUT2D eigenvalue weighted by Gasteiger charge is -2.41. The molecule has 0 spiro atoms. The molecule has 17 heavy (non-hydrogen) atoms. The monoisotopic (exact) mass is 257 g/mol. The summed E-state index contributed by atoms with van der Waals surface area (Å²) >= 11 is 5.94. The van der Waals surface area contributed by atoms with Gasteiger partial charge in [0.05, 0.1) is 5.54 Å². The largest absolute Gasteiger partial charge is 0.349 e. The number of hydrogen-bond acceptors (Lipinski definition) is 1. The molecule has 0 aromatic carbocycles. The number of nitrogens with one attached hydrogen (secondary N) is 1. The Balaban J connectivity index is 1.66. The van der Waals surface area contributed by atoms with Crippen molar-refractivity contribution in [3.05, 3.63) is 0 Å². The van der Waals surface area contributed by atoms with Gasteiger partial charge >= 0.3 is 0 Å². The van der Waals surface area contributed by atoms with E-state index in [1.807, 2.05) is 0 Å². The fraction of sp³-hybridized carbons (Fsp3) is 0.929. The van der Waals surface area contributed by atoms with Crippen LogP contribution < -0.4 is 5.32 Å². The van der Waals surface area contributed by atoms with Crippen LogP contribution in [0, 0.1) is 5.92 Å². The Kier molecular flexibility index (Phi) is 4.72. The SMILES string of the molecule is O=C(CCC1CCCCC1)NC1(CCl)CCC1. The van der Waals surface area contributed by atoms with Gasteiger partial charge in [-0.25, -0.2) is 0 Å². The van der Waals surface area contributed by atoms with Crippen molar-refractivity contribution in [1.29, 1.82) is 0 Å². The molecule has 0 heterocycles. The van der Waals surface area contributed by atoms with E-state index in [0.717, 1.165) is 25.2 Å². The van der Waals surface area contributed by atoms with Gasteiger partial charge in [-0.2, -0.15) is 0 Å². The van der Waals surface area contributed by atoms with Crippen molar-refractivity contribution in [3.8, 4) is 0 Å². The van der Waals surface area contributed by atoms with E-state index < -0.39 is 0 Å². The van der Waals surface area contributed by atoms with Crippen LogP contribution in [0.1, 0.15) is 64.2 Å². The van der Waals surface area contributed by atoms with Crippen molar-refractivity contribution in [3.63, 3.8) is 0 Å². The Hall–Kier alpha value is -0.240. The van der Waals surface area contributed by atoms with E-state index in [0.29, 0.717) is 12.3 Å². The van der Waals surface area contributed by atoms with Gasteiger partial charge in [-0.3, -0.25) is 4.79 Å². The molecule has 1 N–H and O–H groups in total. The molecule has 2 saturated carbocycles. The number of rotatable bonds is 5. The highest BCUT2D eigenvalue weighted by molar-refractivity contribution is 6.18. The minimum Gasteiger partial charge on any atom is -0.349 e. The van der Waals surface area contributed by atoms with Crippen LogP contribution in [0.2, 0.25) is 0 Å². The summed E-state index contributed by atoms with van der Waals surface area (Å²) in [6.45, 7) is 0. The van der Waals surface area contributed by atoms with Crippen LogP contribution in [-0.4, -0.2) is 17.3 Å². The van der Waals surface area contributed by atoms with Gasteiger partial charge in [0, 0.05) is 12.3 Å². The third kappa shape index (κ3) is 3.61. The molecule has 2 rings (SSSR count). The van der Waals surface area contributed by atoms with E-state index in [1.165, 1.54) is 38.5 Å². The van der Waals surface area contributed by atoms with Crippen LogP contribution in [0.4, 0.5) is 0 Å². The summed E-state index contributed by atoms with van der Waals surface area (Å²) in [5, 5.41) is 3.15. The second-order valence-electron chi connectivity index (χ2n) is 5.86. The van der Waals surface area contributed by atoms with E-state index in [-0.39, 0.29) is 11.4 Å². The molecule has 0 unspecified atom stereocenters. The van der Waals surface area contributed by atoms with Crippen LogP contribution in [0.15, 0.2) is 0 Å². The maximum atomic E-state index is 11.9. The Morgan fingerprint density at radius 1 is 1.18 bits per heavy atom. The lowest BCUT2D eigenvalue weighted by atomic mass is 9.78. The Bertz CT molecular complexity index is 251. The number of carbonyl (C=O) groups excluding carboxylic acids is 1. The fourth-order valence-corrected chi connectivity index (χ4v) is 3.40. The smallest absolute Gasteiger partial charge is 0.220 e. The average Bonchev–Trinajstić information content (AvgIpc) is 2.33.